The lowest BCUT2D eigenvalue weighted by Gasteiger charge is -2.32. The van der Waals surface area contributed by atoms with Crippen LogP contribution in [0.4, 0.5) is 13.2 Å². The summed E-state index contributed by atoms with van der Waals surface area (Å²) in [5, 5.41) is 0. The number of nitrogens with zero attached hydrogens (tertiary/aromatic N) is 1. The summed E-state index contributed by atoms with van der Waals surface area (Å²) in [6, 6.07) is 0. The Labute approximate surface area is 111 Å². The smallest absolute Gasteiger partial charge is 0.384 e. The Morgan fingerprint density at radius 1 is 1.16 bits per heavy atom. The summed E-state index contributed by atoms with van der Waals surface area (Å²) in [6.45, 7) is 7.72. The first-order chi connectivity index (χ1) is 8.53. The van der Waals surface area contributed by atoms with Gasteiger partial charge in [-0.05, 0) is 40.0 Å². The Morgan fingerprint density at radius 2 is 1.68 bits per heavy atom. The number of rotatable bonds is 1. The lowest BCUT2D eigenvalue weighted by atomic mass is 9.90. The molecule has 3 nitrogen and oxygen atoms in total. The predicted molar refractivity (Wildman–Crippen MR) is 66.1 cm³/mol. The van der Waals surface area contributed by atoms with Gasteiger partial charge < -0.3 is 14.1 Å². The molecule has 0 aromatic heterocycles. The van der Waals surface area contributed by atoms with Crippen LogP contribution in [0.1, 0.15) is 27.7 Å². The van der Waals surface area contributed by atoms with E-state index in [1.165, 1.54) is 6.20 Å². The molecule has 7 heteroatoms. The second kappa shape index (κ2) is 4.28. The van der Waals surface area contributed by atoms with Crippen LogP contribution in [0, 0.1) is 0 Å². The van der Waals surface area contributed by atoms with E-state index in [4.69, 9.17) is 9.31 Å². The summed E-state index contributed by atoms with van der Waals surface area (Å²) in [5.74, 6) is 0. The van der Waals surface area contributed by atoms with Crippen LogP contribution in [0.15, 0.2) is 23.9 Å². The third-order valence-electron chi connectivity index (χ3n) is 3.81. The maximum atomic E-state index is 12.5. The molecule has 2 heterocycles. The molecular formula is C12H17BF3NO2. The van der Waals surface area contributed by atoms with Gasteiger partial charge in [0, 0.05) is 6.54 Å². The normalized spacial score (nSPS) is 25.7. The van der Waals surface area contributed by atoms with E-state index in [2.05, 4.69) is 0 Å². The van der Waals surface area contributed by atoms with Crippen molar-refractivity contribution in [1.82, 2.24) is 4.81 Å². The van der Waals surface area contributed by atoms with Crippen LogP contribution in [-0.4, -0.2) is 36.0 Å². The van der Waals surface area contributed by atoms with Gasteiger partial charge in [0.05, 0.1) is 16.8 Å². The van der Waals surface area contributed by atoms with E-state index in [-0.39, 0.29) is 6.54 Å². The Hall–Kier alpha value is -0.945. The minimum atomic E-state index is -4.31. The molecule has 19 heavy (non-hydrogen) atoms. The van der Waals surface area contributed by atoms with E-state index >= 15 is 0 Å². The summed E-state index contributed by atoms with van der Waals surface area (Å²) in [6.07, 6.45) is -0.775. The van der Waals surface area contributed by atoms with Gasteiger partial charge >= 0.3 is 13.4 Å². The molecule has 2 aliphatic heterocycles. The monoisotopic (exact) mass is 275 g/mol. The zero-order valence-corrected chi connectivity index (χ0v) is 11.4. The van der Waals surface area contributed by atoms with E-state index < -0.39 is 30.2 Å². The van der Waals surface area contributed by atoms with Gasteiger partial charge in [0.15, 0.2) is 0 Å². The Morgan fingerprint density at radius 3 is 2.05 bits per heavy atom. The fourth-order valence-corrected chi connectivity index (χ4v) is 1.82. The average molecular weight is 275 g/mol. The third kappa shape index (κ3) is 2.67. The van der Waals surface area contributed by atoms with Crippen molar-refractivity contribution in [3.8, 4) is 0 Å². The largest absolute Gasteiger partial charge is 0.593 e. The molecule has 0 radical (unpaired) electrons. The lowest BCUT2D eigenvalue weighted by Crippen LogP contribution is -2.41. The van der Waals surface area contributed by atoms with Crippen LogP contribution >= 0.6 is 0 Å². The Kier molecular flexibility index (Phi) is 3.26. The van der Waals surface area contributed by atoms with Crippen LogP contribution in [0.3, 0.4) is 0 Å². The highest BCUT2D eigenvalue weighted by Crippen LogP contribution is 2.38. The molecular weight excluding hydrogens is 258 g/mol. The van der Waals surface area contributed by atoms with Crippen molar-refractivity contribution in [2.75, 3.05) is 6.54 Å². The molecule has 0 aromatic carbocycles. The van der Waals surface area contributed by atoms with Gasteiger partial charge in [-0.25, -0.2) is 0 Å². The second-order valence-corrected chi connectivity index (χ2v) is 5.73. The highest BCUT2D eigenvalue weighted by atomic mass is 19.4. The van der Waals surface area contributed by atoms with Crippen molar-refractivity contribution in [2.45, 2.75) is 45.1 Å². The molecule has 0 amide bonds. The molecule has 0 atom stereocenters. The molecule has 0 N–H and O–H groups in total. The summed E-state index contributed by atoms with van der Waals surface area (Å²) in [5.41, 5.74) is -1.64. The van der Waals surface area contributed by atoms with Crippen molar-refractivity contribution in [1.29, 1.82) is 0 Å². The van der Waals surface area contributed by atoms with E-state index in [0.717, 1.165) is 12.2 Å². The fourth-order valence-electron chi connectivity index (χ4n) is 1.82. The maximum absolute atomic E-state index is 12.5. The Balaban J connectivity index is 2.06. The quantitative estimate of drug-likeness (QED) is 0.687. The number of hydrogen-bond donors (Lipinski definition) is 0. The molecule has 0 bridgehead atoms. The van der Waals surface area contributed by atoms with Crippen molar-refractivity contribution >= 4 is 7.25 Å². The van der Waals surface area contributed by atoms with E-state index in [1.54, 1.807) is 4.81 Å². The van der Waals surface area contributed by atoms with Crippen LogP contribution in [0.5, 0.6) is 0 Å². The van der Waals surface area contributed by atoms with Gasteiger partial charge in [0.2, 0.25) is 0 Å². The first kappa shape index (κ1) is 14.5. The number of alkyl halides is 3. The van der Waals surface area contributed by atoms with Crippen LogP contribution < -0.4 is 0 Å². The summed E-state index contributed by atoms with van der Waals surface area (Å²) < 4.78 is 49.0. The summed E-state index contributed by atoms with van der Waals surface area (Å²) >= 11 is 0. The lowest BCUT2D eigenvalue weighted by molar-refractivity contribution is -0.0888. The summed E-state index contributed by atoms with van der Waals surface area (Å²) in [4.78, 5) is 1.60. The average Bonchev–Trinajstić information content (AvgIpc) is 2.47. The topological polar surface area (TPSA) is 21.7 Å². The standard InChI is InChI=1S/C12H17BF3NO2/c1-10(2)11(3,4)19-13(18-10)17-7-5-9(6-8-17)12(14,15)16/h5-7H,8H2,1-4H3. The molecule has 0 unspecified atom stereocenters. The molecule has 0 aliphatic carbocycles. The molecule has 1 fully saturated rings. The molecule has 2 aliphatic rings. The van der Waals surface area contributed by atoms with Gasteiger partial charge in [-0.1, -0.05) is 6.08 Å². The third-order valence-corrected chi connectivity index (χ3v) is 3.81. The van der Waals surface area contributed by atoms with Crippen LogP contribution in [0.25, 0.3) is 0 Å². The maximum Gasteiger partial charge on any atom is 0.593 e. The molecule has 0 aromatic rings. The number of allylic oxidation sites excluding steroid dienone is 2. The SMILES string of the molecule is CC1(C)OB(N2C=CC(C(F)(F)F)=CC2)OC1(C)C. The van der Waals surface area contributed by atoms with Crippen LogP contribution in [0.2, 0.25) is 0 Å². The van der Waals surface area contributed by atoms with E-state index in [0.29, 0.717) is 0 Å². The van der Waals surface area contributed by atoms with Gasteiger partial charge in [-0.15, -0.1) is 0 Å². The fraction of sp³-hybridized carbons (Fsp3) is 0.667. The van der Waals surface area contributed by atoms with Crippen molar-refractivity contribution in [3.63, 3.8) is 0 Å². The summed E-state index contributed by atoms with van der Waals surface area (Å²) in [7, 11) is -0.660. The molecule has 106 valence electrons. The molecule has 0 saturated carbocycles. The Bertz CT molecular complexity index is 413. The van der Waals surface area contributed by atoms with E-state index in [1.807, 2.05) is 27.7 Å². The molecule has 0 spiro atoms. The zero-order valence-electron chi connectivity index (χ0n) is 11.4. The highest BCUT2D eigenvalue weighted by Gasteiger charge is 2.54. The number of halogens is 3. The van der Waals surface area contributed by atoms with Gasteiger partial charge in [0.25, 0.3) is 0 Å². The van der Waals surface area contributed by atoms with Gasteiger partial charge in [-0.2, -0.15) is 13.2 Å². The molecule has 1 saturated heterocycles. The first-order valence-corrected chi connectivity index (χ1v) is 6.10. The van der Waals surface area contributed by atoms with E-state index in [9.17, 15) is 13.2 Å². The predicted octanol–water partition coefficient (Wildman–Crippen LogP) is 2.89. The minimum absolute atomic E-state index is 0.113. The highest BCUT2D eigenvalue weighted by molar-refractivity contribution is 6.42. The van der Waals surface area contributed by atoms with Crippen molar-refractivity contribution < 1.29 is 22.5 Å². The minimum Gasteiger partial charge on any atom is -0.384 e. The first-order valence-electron chi connectivity index (χ1n) is 6.10. The zero-order chi connectivity index (χ0) is 14.5. The van der Waals surface area contributed by atoms with Crippen molar-refractivity contribution in [2.24, 2.45) is 0 Å². The number of hydrogen-bond acceptors (Lipinski definition) is 3. The van der Waals surface area contributed by atoms with Gasteiger partial charge in [-0.3, -0.25) is 0 Å². The van der Waals surface area contributed by atoms with Crippen molar-refractivity contribution in [3.05, 3.63) is 23.9 Å². The van der Waals surface area contributed by atoms with Crippen LogP contribution in [-0.2, 0) is 9.31 Å². The second-order valence-electron chi connectivity index (χ2n) is 5.73. The van der Waals surface area contributed by atoms with Gasteiger partial charge in [0.1, 0.15) is 0 Å². The molecule has 2 rings (SSSR count).